The van der Waals surface area contributed by atoms with E-state index in [4.69, 9.17) is 4.74 Å². The van der Waals surface area contributed by atoms with Gasteiger partial charge in [0.15, 0.2) is 0 Å². The van der Waals surface area contributed by atoms with Gasteiger partial charge in [-0.05, 0) is 50.3 Å². The summed E-state index contributed by atoms with van der Waals surface area (Å²) in [6, 6.07) is 7.66. The maximum absolute atomic E-state index is 11.6. The van der Waals surface area contributed by atoms with E-state index in [9.17, 15) is 4.79 Å². The first-order chi connectivity index (χ1) is 8.65. The molecule has 0 aliphatic carbocycles. The molecule has 0 saturated heterocycles. The molecule has 1 amide bonds. The molecule has 0 aliphatic rings. The summed E-state index contributed by atoms with van der Waals surface area (Å²) in [7, 11) is 1.64. The molecule has 18 heavy (non-hydrogen) atoms. The Bertz CT molecular complexity index is 412. The largest absolute Gasteiger partial charge is 0.497 e. The highest BCUT2D eigenvalue weighted by atomic mass is 127. The minimum Gasteiger partial charge on any atom is -0.497 e. The first-order valence-corrected chi connectivity index (χ1v) is 7.00. The number of halogens is 1. The van der Waals surface area contributed by atoms with Gasteiger partial charge in [0.2, 0.25) is 5.91 Å². The summed E-state index contributed by atoms with van der Waals surface area (Å²) in [4.78, 5) is 11.6. The van der Waals surface area contributed by atoms with Crippen LogP contribution in [0.2, 0.25) is 0 Å². The second-order valence-corrected chi connectivity index (χ2v) is 5.29. The molecule has 98 valence electrons. The van der Waals surface area contributed by atoms with Crippen LogP contribution in [0.25, 0.3) is 0 Å². The molecule has 0 aliphatic heterocycles. The zero-order valence-corrected chi connectivity index (χ0v) is 12.9. The minimum atomic E-state index is -0.0383. The number of methoxy groups -OCH3 is 1. The molecule has 1 N–H and O–H groups in total. The third kappa shape index (κ3) is 5.53. The molecule has 0 radical (unpaired) electrons. The van der Waals surface area contributed by atoms with Crippen molar-refractivity contribution in [1.82, 2.24) is 5.32 Å². The van der Waals surface area contributed by atoms with E-state index < -0.39 is 0 Å². The quantitative estimate of drug-likeness (QED) is 0.624. The van der Waals surface area contributed by atoms with Crippen molar-refractivity contribution in [3.63, 3.8) is 0 Å². The number of carbonyl (C=O) groups is 1. The molecule has 0 bridgehead atoms. The molecule has 4 heteroatoms. The number of allylic oxidation sites excluding steroid dienone is 1. The van der Waals surface area contributed by atoms with E-state index in [2.05, 4.69) is 34.8 Å². The average Bonchev–Trinajstić information content (AvgIpc) is 2.37. The van der Waals surface area contributed by atoms with Gasteiger partial charge in [-0.15, -0.1) is 0 Å². The normalized spacial score (nSPS) is 11.2. The van der Waals surface area contributed by atoms with Crippen LogP contribution >= 0.6 is 22.6 Å². The molecule has 0 unspecified atom stereocenters. The highest BCUT2D eigenvalue weighted by Crippen LogP contribution is 2.13. The summed E-state index contributed by atoms with van der Waals surface area (Å²) in [6.45, 7) is 2.64. The summed E-state index contributed by atoms with van der Waals surface area (Å²) in [5.41, 5.74) is 1.06. The molecule has 1 aromatic carbocycles. The number of ether oxygens (including phenoxy) is 1. The van der Waals surface area contributed by atoms with E-state index in [-0.39, 0.29) is 5.91 Å². The van der Waals surface area contributed by atoms with E-state index in [1.54, 1.807) is 13.2 Å². The van der Waals surface area contributed by atoms with Crippen molar-refractivity contribution >= 4 is 28.5 Å². The predicted octanol–water partition coefficient (Wildman–Crippen LogP) is 3.43. The van der Waals surface area contributed by atoms with E-state index in [0.717, 1.165) is 27.7 Å². The molecule has 0 heterocycles. The Balaban J connectivity index is 2.44. The molecular weight excluding hydrogens is 341 g/mol. The summed E-state index contributed by atoms with van der Waals surface area (Å²) in [6.07, 6.45) is 3.67. The lowest BCUT2D eigenvalue weighted by molar-refractivity contribution is -0.116. The number of nitrogens with one attached hydrogen (secondary N) is 1. The molecule has 3 nitrogen and oxygen atoms in total. The van der Waals surface area contributed by atoms with E-state index in [0.29, 0.717) is 6.54 Å². The Morgan fingerprint density at radius 3 is 2.61 bits per heavy atom. The molecule has 0 spiro atoms. The SMILES string of the molecule is CCC/C(I)=C/C(=O)NCc1ccc(OC)cc1. The first kappa shape index (κ1) is 15.0. The monoisotopic (exact) mass is 359 g/mol. The van der Waals surface area contributed by atoms with Gasteiger partial charge < -0.3 is 10.1 Å². The van der Waals surface area contributed by atoms with Crippen LogP contribution in [0.5, 0.6) is 5.75 Å². The molecule has 0 fully saturated rings. The molecule has 0 atom stereocenters. The first-order valence-electron chi connectivity index (χ1n) is 5.92. The van der Waals surface area contributed by atoms with Gasteiger partial charge in [-0.25, -0.2) is 0 Å². The second kappa shape index (κ2) is 8.13. The van der Waals surface area contributed by atoms with Crippen molar-refractivity contribution in [2.75, 3.05) is 7.11 Å². The smallest absolute Gasteiger partial charge is 0.244 e. The topological polar surface area (TPSA) is 38.3 Å². The van der Waals surface area contributed by atoms with Gasteiger partial charge in [0.25, 0.3) is 0 Å². The third-order valence-corrected chi connectivity index (χ3v) is 3.25. The van der Waals surface area contributed by atoms with Crippen LogP contribution in [0.3, 0.4) is 0 Å². The number of hydrogen-bond acceptors (Lipinski definition) is 2. The zero-order chi connectivity index (χ0) is 13.4. The number of rotatable bonds is 6. The molecule has 1 rings (SSSR count). The highest BCUT2D eigenvalue weighted by Gasteiger charge is 2.00. The average molecular weight is 359 g/mol. The Hall–Kier alpha value is -1.04. The van der Waals surface area contributed by atoms with Gasteiger partial charge in [0.1, 0.15) is 5.75 Å². The lowest BCUT2D eigenvalue weighted by Crippen LogP contribution is -2.20. The maximum Gasteiger partial charge on any atom is 0.244 e. The van der Waals surface area contributed by atoms with Gasteiger partial charge in [-0.2, -0.15) is 0 Å². The van der Waals surface area contributed by atoms with Crippen LogP contribution in [0.4, 0.5) is 0 Å². The lowest BCUT2D eigenvalue weighted by Gasteiger charge is -2.04. The summed E-state index contributed by atoms with van der Waals surface area (Å²) in [5, 5.41) is 2.86. The van der Waals surface area contributed by atoms with E-state index in [1.807, 2.05) is 24.3 Å². The van der Waals surface area contributed by atoms with Crippen molar-refractivity contribution in [1.29, 1.82) is 0 Å². The number of carbonyl (C=O) groups excluding carboxylic acids is 1. The zero-order valence-electron chi connectivity index (χ0n) is 10.7. The van der Waals surface area contributed by atoms with Gasteiger partial charge >= 0.3 is 0 Å². The Morgan fingerprint density at radius 1 is 1.39 bits per heavy atom. The number of hydrogen-bond donors (Lipinski definition) is 1. The van der Waals surface area contributed by atoms with Crippen LogP contribution in [-0.4, -0.2) is 13.0 Å². The number of amides is 1. The van der Waals surface area contributed by atoms with Crippen LogP contribution in [-0.2, 0) is 11.3 Å². The lowest BCUT2D eigenvalue weighted by atomic mass is 10.2. The van der Waals surface area contributed by atoms with Crippen LogP contribution in [0.15, 0.2) is 33.9 Å². The van der Waals surface area contributed by atoms with E-state index >= 15 is 0 Å². The predicted molar refractivity (Wildman–Crippen MR) is 81.9 cm³/mol. The maximum atomic E-state index is 11.6. The fourth-order valence-corrected chi connectivity index (χ4v) is 2.26. The molecule has 1 aromatic rings. The van der Waals surface area contributed by atoms with Crippen molar-refractivity contribution in [2.24, 2.45) is 0 Å². The Labute approximate surface area is 122 Å². The van der Waals surface area contributed by atoms with Crippen molar-refractivity contribution in [3.8, 4) is 5.75 Å². The molecule has 0 aromatic heterocycles. The van der Waals surface area contributed by atoms with Gasteiger partial charge in [0.05, 0.1) is 7.11 Å². The third-order valence-electron chi connectivity index (χ3n) is 2.40. The van der Waals surface area contributed by atoms with Crippen molar-refractivity contribution in [2.45, 2.75) is 26.3 Å². The minimum absolute atomic E-state index is 0.0383. The second-order valence-electron chi connectivity index (χ2n) is 3.91. The summed E-state index contributed by atoms with van der Waals surface area (Å²) in [5.74, 6) is 0.783. The molecule has 0 saturated carbocycles. The standard InChI is InChI=1S/C14H18INO2/c1-3-4-12(15)9-14(17)16-10-11-5-7-13(18-2)8-6-11/h5-9H,3-4,10H2,1-2H3,(H,16,17)/b12-9-. The van der Waals surface area contributed by atoms with Gasteiger partial charge in [-0.1, -0.05) is 25.5 Å². The van der Waals surface area contributed by atoms with Crippen LogP contribution in [0.1, 0.15) is 25.3 Å². The van der Waals surface area contributed by atoms with E-state index in [1.165, 1.54) is 0 Å². The van der Waals surface area contributed by atoms with Crippen molar-refractivity contribution < 1.29 is 9.53 Å². The number of benzene rings is 1. The van der Waals surface area contributed by atoms with Crippen LogP contribution < -0.4 is 10.1 Å². The summed E-state index contributed by atoms with van der Waals surface area (Å²) < 4.78 is 6.16. The molecular formula is C14H18INO2. The van der Waals surface area contributed by atoms with Crippen LogP contribution in [0, 0.1) is 0 Å². The summed E-state index contributed by atoms with van der Waals surface area (Å²) >= 11 is 2.20. The highest BCUT2D eigenvalue weighted by molar-refractivity contribution is 14.1. The van der Waals surface area contributed by atoms with Crippen molar-refractivity contribution in [3.05, 3.63) is 39.5 Å². The fourth-order valence-electron chi connectivity index (χ4n) is 1.44. The van der Waals surface area contributed by atoms with Gasteiger partial charge in [-0.3, -0.25) is 4.79 Å². The van der Waals surface area contributed by atoms with Gasteiger partial charge in [0, 0.05) is 12.6 Å². The Morgan fingerprint density at radius 2 is 2.06 bits per heavy atom. The fraction of sp³-hybridized carbons (Fsp3) is 0.357. The Kier molecular flexibility index (Phi) is 6.78.